The van der Waals surface area contributed by atoms with Gasteiger partial charge in [0.15, 0.2) is 0 Å². The monoisotopic (exact) mass is 195 g/mol. The number of nitrogens with zero attached hydrogens (tertiary/aromatic N) is 3. The molecule has 0 aromatic rings. The zero-order chi connectivity index (χ0) is 10.4. The van der Waals surface area contributed by atoms with Gasteiger partial charge in [0.1, 0.15) is 0 Å². The van der Waals surface area contributed by atoms with Gasteiger partial charge in [-0.2, -0.15) is 5.26 Å². The molecule has 3 heteroatoms. The molecular formula is C11H21N3. The lowest BCUT2D eigenvalue weighted by Gasteiger charge is -2.36. The van der Waals surface area contributed by atoms with Crippen LogP contribution in [0, 0.1) is 11.3 Å². The van der Waals surface area contributed by atoms with Crippen molar-refractivity contribution < 1.29 is 0 Å². The van der Waals surface area contributed by atoms with Gasteiger partial charge in [0.2, 0.25) is 0 Å². The Kier molecular flexibility index (Phi) is 4.92. The van der Waals surface area contributed by atoms with Crippen molar-refractivity contribution in [2.24, 2.45) is 0 Å². The average Bonchev–Trinajstić information content (AvgIpc) is 2.19. The fourth-order valence-electron chi connectivity index (χ4n) is 1.89. The van der Waals surface area contributed by atoms with Crippen LogP contribution in [0.2, 0.25) is 0 Å². The van der Waals surface area contributed by atoms with Crippen LogP contribution in [0.5, 0.6) is 0 Å². The fraction of sp³-hybridized carbons (Fsp3) is 0.909. The third-order valence-corrected chi connectivity index (χ3v) is 2.90. The van der Waals surface area contributed by atoms with Crippen LogP contribution >= 0.6 is 0 Å². The van der Waals surface area contributed by atoms with Gasteiger partial charge in [0.25, 0.3) is 0 Å². The average molecular weight is 195 g/mol. The molecule has 0 atom stereocenters. The van der Waals surface area contributed by atoms with Gasteiger partial charge in [-0.3, -0.25) is 4.90 Å². The maximum Gasteiger partial charge on any atom is 0.0622 e. The highest BCUT2D eigenvalue weighted by Gasteiger charge is 2.17. The van der Waals surface area contributed by atoms with E-state index in [0.717, 1.165) is 13.0 Å². The van der Waals surface area contributed by atoms with Crippen molar-refractivity contribution in [3.05, 3.63) is 0 Å². The van der Waals surface area contributed by atoms with E-state index >= 15 is 0 Å². The summed E-state index contributed by atoms with van der Waals surface area (Å²) in [4.78, 5) is 4.98. The van der Waals surface area contributed by atoms with Crippen molar-refractivity contribution in [1.82, 2.24) is 9.80 Å². The molecule has 0 radical (unpaired) electrons. The first-order valence-corrected chi connectivity index (χ1v) is 5.57. The Bertz CT molecular complexity index is 187. The van der Waals surface area contributed by atoms with E-state index in [-0.39, 0.29) is 0 Å². The second kappa shape index (κ2) is 6.00. The predicted octanol–water partition coefficient (Wildman–Crippen LogP) is 1.32. The third-order valence-electron chi connectivity index (χ3n) is 2.90. The van der Waals surface area contributed by atoms with E-state index < -0.39 is 0 Å². The Morgan fingerprint density at radius 2 is 1.86 bits per heavy atom. The second-order valence-corrected chi connectivity index (χ2v) is 4.23. The van der Waals surface area contributed by atoms with Gasteiger partial charge in [-0.1, -0.05) is 0 Å². The molecule has 0 aromatic carbocycles. The molecule has 14 heavy (non-hydrogen) atoms. The van der Waals surface area contributed by atoms with E-state index in [0.29, 0.717) is 12.5 Å². The molecule has 0 amide bonds. The number of unbranched alkanes of at least 4 members (excludes halogenated alkanes) is 1. The van der Waals surface area contributed by atoms with Crippen LogP contribution in [-0.2, 0) is 0 Å². The molecule has 1 saturated heterocycles. The Balaban J connectivity index is 2.13. The predicted molar refractivity (Wildman–Crippen MR) is 58.0 cm³/mol. The number of hydrogen-bond acceptors (Lipinski definition) is 3. The number of nitriles is 1. The van der Waals surface area contributed by atoms with Crippen LogP contribution in [-0.4, -0.2) is 48.6 Å². The highest BCUT2D eigenvalue weighted by atomic mass is 15.3. The van der Waals surface area contributed by atoms with Gasteiger partial charge in [0, 0.05) is 38.6 Å². The molecule has 0 aromatic heterocycles. The molecule has 0 unspecified atom stereocenters. The topological polar surface area (TPSA) is 30.3 Å². The summed E-state index contributed by atoms with van der Waals surface area (Å²) < 4.78 is 0. The quantitative estimate of drug-likeness (QED) is 0.634. The summed E-state index contributed by atoms with van der Waals surface area (Å²) in [6, 6.07) is 2.87. The van der Waals surface area contributed by atoms with Gasteiger partial charge in [0.05, 0.1) is 6.07 Å². The van der Waals surface area contributed by atoms with Crippen molar-refractivity contribution in [2.45, 2.75) is 32.7 Å². The minimum absolute atomic E-state index is 0.677. The highest BCUT2D eigenvalue weighted by Crippen LogP contribution is 2.06. The summed E-state index contributed by atoms with van der Waals surface area (Å²) >= 11 is 0. The van der Waals surface area contributed by atoms with Crippen molar-refractivity contribution in [3.63, 3.8) is 0 Å². The van der Waals surface area contributed by atoms with E-state index in [2.05, 4.69) is 29.7 Å². The van der Waals surface area contributed by atoms with Crippen molar-refractivity contribution in [2.75, 3.05) is 32.7 Å². The lowest BCUT2D eigenvalue weighted by atomic mass is 10.2. The van der Waals surface area contributed by atoms with Gasteiger partial charge >= 0.3 is 0 Å². The van der Waals surface area contributed by atoms with E-state index in [1.54, 1.807) is 0 Å². The first kappa shape index (κ1) is 11.5. The molecule has 1 heterocycles. The van der Waals surface area contributed by atoms with E-state index in [1.165, 1.54) is 26.2 Å². The minimum atomic E-state index is 0.677. The highest BCUT2D eigenvalue weighted by molar-refractivity contribution is 4.76. The fourth-order valence-corrected chi connectivity index (χ4v) is 1.89. The molecule has 1 fully saturated rings. The third kappa shape index (κ3) is 3.65. The van der Waals surface area contributed by atoms with Crippen LogP contribution in [0.3, 0.4) is 0 Å². The number of hydrogen-bond donors (Lipinski definition) is 0. The summed E-state index contributed by atoms with van der Waals surface area (Å²) in [5.74, 6) is 0. The molecule has 1 aliphatic rings. The standard InChI is InChI=1S/C11H21N3/c1-11(2)14-9-7-13(8-10-14)6-4-3-5-12/h11H,3-4,6-10H2,1-2H3. The van der Waals surface area contributed by atoms with Crippen LogP contribution in [0.25, 0.3) is 0 Å². The van der Waals surface area contributed by atoms with Crippen molar-refractivity contribution in [3.8, 4) is 6.07 Å². The molecule has 0 aliphatic carbocycles. The zero-order valence-corrected chi connectivity index (χ0v) is 9.37. The molecule has 0 spiro atoms. The molecule has 0 N–H and O–H groups in total. The Labute approximate surface area is 87.3 Å². The Morgan fingerprint density at radius 1 is 1.21 bits per heavy atom. The molecule has 1 aliphatic heterocycles. The lowest BCUT2D eigenvalue weighted by Crippen LogP contribution is -2.48. The van der Waals surface area contributed by atoms with E-state index in [1.807, 2.05) is 0 Å². The largest absolute Gasteiger partial charge is 0.301 e. The van der Waals surface area contributed by atoms with Crippen LogP contribution in [0.1, 0.15) is 26.7 Å². The van der Waals surface area contributed by atoms with E-state index in [9.17, 15) is 0 Å². The molecule has 80 valence electrons. The van der Waals surface area contributed by atoms with Crippen molar-refractivity contribution in [1.29, 1.82) is 5.26 Å². The molecule has 3 nitrogen and oxygen atoms in total. The number of piperazine rings is 1. The van der Waals surface area contributed by atoms with E-state index in [4.69, 9.17) is 5.26 Å². The normalized spacial score (nSPS) is 19.9. The van der Waals surface area contributed by atoms with Crippen LogP contribution in [0.4, 0.5) is 0 Å². The number of rotatable bonds is 4. The summed E-state index contributed by atoms with van der Waals surface area (Å²) in [7, 11) is 0. The SMILES string of the molecule is CC(C)N1CCN(CCCC#N)CC1. The molecule has 0 bridgehead atoms. The summed E-state index contributed by atoms with van der Waals surface area (Å²) in [5.41, 5.74) is 0. The summed E-state index contributed by atoms with van der Waals surface area (Å²) in [5, 5.41) is 8.43. The van der Waals surface area contributed by atoms with Gasteiger partial charge in [-0.15, -0.1) is 0 Å². The minimum Gasteiger partial charge on any atom is -0.301 e. The van der Waals surface area contributed by atoms with Gasteiger partial charge < -0.3 is 4.90 Å². The first-order valence-electron chi connectivity index (χ1n) is 5.57. The Hall–Kier alpha value is -0.590. The molecule has 1 rings (SSSR count). The maximum absolute atomic E-state index is 8.43. The summed E-state index contributed by atoms with van der Waals surface area (Å²) in [6.07, 6.45) is 1.72. The smallest absolute Gasteiger partial charge is 0.0622 e. The van der Waals surface area contributed by atoms with Gasteiger partial charge in [-0.25, -0.2) is 0 Å². The maximum atomic E-state index is 8.43. The summed E-state index contributed by atoms with van der Waals surface area (Å²) in [6.45, 7) is 10.3. The Morgan fingerprint density at radius 3 is 2.36 bits per heavy atom. The van der Waals surface area contributed by atoms with Gasteiger partial charge in [-0.05, 0) is 26.8 Å². The van der Waals surface area contributed by atoms with Crippen LogP contribution in [0.15, 0.2) is 0 Å². The van der Waals surface area contributed by atoms with Crippen molar-refractivity contribution >= 4 is 0 Å². The molecular weight excluding hydrogens is 174 g/mol. The lowest BCUT2D eigenvalue weighted by molar-refractivity contribution is 0.108. The second-order valence-electron chi connectivity index (χ2n) is 4.23. The zero-order valence-electron chi connectivity index (χ0n) is 9.37. The molecule has 0 saturated carbocycles. The first-order chi connectivity index (χ1) is 6.74. The van der Waals surface area contributed by atoms with Crippen LogP contribution < -0.4 is 0 Å².